The molecule has 1 amide bonds. The minimum atomic E-state index is -1.00. The van der Waals surface area contributed by atoms with Crippen LogP contribution in [0.5, 0.6) is 17.2 Å². The molecule has 2 unspecified atom stereocenters. The second-order valence-electron chi connectivity index (χ2n) is 9.15. The summed E-state index contributed by atoms with van der Waals surface area (Å²) in [6.45, 7) is 3.33. The molecule has 0 saturated carbocycles. The normalized spacial score (nSPS) is 13.1. The van der Waals surface area contributed by atoms with E-state index in [-0.39, 0.29) is 47.1 Å². The lowest BCUT2D eigenvalue weighted by Gasteiger charge is -2.26. The van der Waals surface area contributed by atoms with E-state index < -0.39 is 23.8 Å². The molecule has 0 aliphatic heterocycles. The van der Waals surface area contributed by atoms with Gasteiger partial charge in [-0.15, -0.1) is 0 Å². The maximum absolute atomic E-state index is 13.7. The molecule has 0 aliphatic carbocycles. The van der Waals surface area contributed by atoms with Crippen molar-refractivity contribution >= 4 is 28.8 Å². The average molecular weight is 552 g/mol. The highest BCUT2D eigenvalue weighted by Gasteiger charge is 2.32. The molecule has 0 bridgehead atoms. The van der Waals surface area contributed by atoms with Crippen molar-refractivity contribution in [2.45, 2.75) is 38.8 Å². The minimum Gasteiger partial charge on any atom is -0.508 e. The highest BCUT2D eigenvalue weighted by Crippen LogP contribution is 2.34. The number of phenolic OH excluding ortho intramolecular Hbond substituents is 2. The number of ether oxygens (including phenoxy) is 2. The van der Waals surface area contributed by atoms with E-state index in [9.17, 15) is 24.6 Å². The fraction of sp³-hybridized carbons (Fsp3) is 0.300. The van der Waals surface area contributed by atoms with Crippen LogP contribution in [0.4, 0.5) is 0 Å². The first kappa shape index (κ1) is 29.6. The molecule has 3 atom stereocenters. The Balaban J connectivity index is 1.84. The Morgan fingerprint density at radius 1 is 0.949 bits per heavy atom. The SMILES string of the molecule is COc1cc(C(C)C(CSC(C)=O)C(=O)N[C@@H](Cc2ccc(O)cc2)C(=O)OCc2ccccc2)ccc1O. The van der Waals surface area contributed by atoms with E-state index in [0.717, 1.165) is 28.5 Å². The van der Waals surface area contributed by atoms with Gasteiger partial charge in [0.05, 0.1) is 13.0 Å². The van der Waals surface area contributed by atoms with E-state index in [0.29, 0.717) is 0 Å². The number of nitrogens with one attached hydrogen (secondary N) is 1. The summed E-state index contributed by atoms with van der Waals surface area (Å²) in [5.41, 5.74) is 2.27. The number of benzene rings is 3. The number of rotatable bonds is 12. The zero-order valence-corrected chi connectivity index (χ0v) is 22.9. The third-order valence-electron chi connectivity index (χ3n) is 6.34. The molecule has 9 heteroatoms. The van der Waals surface area contributed by atoms with Crippen molar-refractivity contribution in [1.29, 1.82) is 0 Å². The van der Waals surface area contributed by atoms with Gasteiger partial charge in [0.2, 0.25) is 5.91 Å². The molecular formula is C30H33NO7S. The first-order chi connectivity index (χ1) is 18.7. The van der Waals surface area contributed by atoms with Gasteiger partial charge in [0, 0.05) is 19.1 Å². The number of methoxy groups -OCH3 is 1. The molecule has 0 heterocycles. The van der Waals surface area contributed by atoms with Crippen LogP contribution >= 0.6 is 11.8 Å². The third kappa shape index (κ3) is 8.78. The molecule has 0 fully saturated rings. The third-order valence-corrected chi connectivity index (χ3v) is 7.27. The van der Waals surface area contributed by atoms with E-state index in [1.165, 1.54) is 32.2 Å². The van der Waals surface area contributed by atoms with Gasteiger partial charge in [-0.3, -0.25) is 9.59 Å². The van der Waals surface area contributed by atoms with Gasteiger partial charge in [-0.25, -0.2) is 4.79 Å². The number of carbonyl (C=O) groups excluding carboxylic acids is 3. The first-order valence-corrected chi connectivity index (χ1v) is 13.5. The summed E-state index contributed by atoms with van der Waals surface area (Å²) < 4.78 is 10.8. The molecule has 0 aromatic heterocycles. The van der Waals surface area contributed by atoms with E-state index in [1.807, 2.05) is 37.3 Å². The number of phenols is 2. The predicted molar refractivity (Wildman–Crippen MR) is 150 cm³/mol. The maximum Gasteiger partial charge on any atom is 0.329 e. The van der Waals surface area contributed by atoms with Gasteiger partial charge < -0.3 is 25.0 Å². The first-order valence-electron chi connectivity index (χ1n) is 12.5. The summed E-state index contributed by atoms with van der Waals surface area (Å²) in [4.78, 5) is 38.6. The van der Waals surface area contributed by atoms with Crippen LogP contribution in [-0.2, 0) is 32.1 Å². The number of thioether (sulfide) groups is 1. The summed E-state index contributed by atoms with van der Waals surface area (Å²) >= 11 is 1.03. The zero-order valence-electron chi connectivity index (χ0n) is 22.1. The lowest BCUT2D eigenvalue weighted by atomic mass is 9.87. The summed E-state index contributed by atoms with van der Waals surface area (Å²) in [6.07, 6.45) is 0.146. The second-order valence-corrected chi connectivity index (χ2v) is 10.4. The molecule has 0 radical (unpaired) electrons. The summed E-state index contributed by atoms with van der Waals surface area (Å²) in [5.74, 6) is -1.55. The van der Waals surface area contributed by atoms with Crippen LogP contribution in [0.15, 0.2) is 72.8 Å². The molecule has 0 aliphatic rings. The Hall–Kier alpha value is -3.98. The number of hydrogen-bond acceptors (Lipinski definition) is 8. The molecule has 39 heavy (non-hydrogen) atoms. The van der Waals surface area contributed by atoms with Gasteiger partial charge in [0.1, 0.15) is 18.4 Å². The van der Waals surface area contributed by atoms with E-state index >= 15 is 0 Å². The molecule has 3 aromatic rings. The predicted octanol–water partition coefficient (Wildman–Crippen LogP) is 4.58. The number of carbonyl (C=O) groups is 3. The molecule has 0 spiro atoms. The Morgan fingerprint density at radius 3 is 2.28 bits per heavy atom. The average Bonchev–Trinajstić information content (AvgIpc) is 2.93. The Morgan fingerprint density at radius 2 is 1.64 bits per heavy atom. The van der Waals surface area contributed by atoms with E-state index in [2.05, 4.69) is 5.32 Å². The molecule has 206 valence electrons. The van der Waals surface area contributed by atoms with Crippen LogP contribution in [0.25, 0.3) is 0 Å². The fourth-order valence-corrected chi connectivity index (χ4v) is 4.89. The summed E-state index contributed by atoms with van der Waals surface area (Å²) in [7, 11) is 1.44. The highest BCUT2D eigenvalue weighted by molar-refractivity contribution is 8.13. The number of amides is 1. The largest absolute Gasteiger partial charge is 0.508 e. The highest BCUT2D eigenvalue weighted by atomic mass is 32.2. The molecule has 3 rings (SSSR count). The Bertz CT molecular complexity index is 1260. The van der Waals surface area contributed by atoms with Gasteiger partial charge in [0.25, 0.3) is 0 Å². The number of hydrogen-bond donors (Lipinski definition) is 3. The second kappa shape index (κ2) is 14.2. The fourth-order valence-electron chi connectivity index (χ4n) is 4.03. The van der Waals surface area contributed by atoms with Gasteiger partial charge in [-0.1, -0.05) is 67.2 Å². The van der Waals surface area contributed by atoms with Crippen molar-refractivity contribution in [1.82, 2.24) is 5.32 Å². The van der Waals surface area contributed by atoms with Crippen molar-refractivity contribution in [2.24, 2.45) is 5.92 Å². The monoisotopic (exact) mass is 551 g/mol. The lowest BCUT2D eigenvalue weighted by molar-refractivity contribution is -0.149. The number of aromatic hydroxyl groups is 2. The lowest BCUT2D eigenvalue weighted by Crippen LogP contribution is -2.47. The van der Waals surface area contributed by atoms with Crippen LogP contribution in [0, 0.1) is 5.92 Å². The Labute approximate surface area is 232 Å². The van der Waals surface area contributed by atoms with E-state index in [1.54, 1.807) is 24.3 Å². The van der Waals surface area contributed by atoms with Crippen LogP contribution < -0.4 is 10.1 Å². The molecule has 8 nitrogen and oxygen atoms in total. The molecule has 0 saturated heterocycles. The van der Waals surface area contributed by atoms with Crippen LogP contribution in [0.2, 0.25) is 0 Å². The van der Waals surface area contributed by atoms with Gasteiger partial charge in [-0.2, -0.15) is 0 Å². The van der Waals surface area contributed by atoms with Crippen molar-refractivity contribution < 1.29 is 34.1 Å². The van der Waals surface area contributed by atoms with Crippen LogP contribution in [-0.4, -0.2) is 46.1 Å². The van der Waals surface area contributed by atoms with Crippen molar-refractivity contribution in [3.05, 3.63) is 89.5 Å². The van der Waals surface area contributed by atoms with Crippen molar-refractivity contribution in [2.75, 3.05) is 12.9 Å². The smallest absolute Gasteiger partial charge is 0.329 e. The number of esters is 1. The van der Waals surface area contributed by atoms with E-state index in [4.69, 9.17) is 9.47 Å². The van der Waals surface area contributed by atoms with Crippen molar-refractivity contribution in [3.8, 4) is 17.2 Å². The van der Waals surface area contributed by atoms with Crippen LogP contribution in [0.1, 0.15) is 36.5 Å². The summed E-state index contributed by atoms with van der Waals surface area (Å²) in [5, 5.41) is 22.3. The Kier molecular flexibility index (Phi) is 10.8. The molecule has 3 N–H and O–H groups in total. The molecule has 3 aromatic carbocycles. The minimum absolute atomic E-state index is 0.0253. The standard InChI is InChI=1S/C30H33NO7S/c1-19(23-11-14-27(34)28(16-23)37-3)25(18-39-20(2)32)29(35)31-26(15-21-9-12-24(33)13-10-21)30(36)38-17-22-7-5-4-6-8-22/h4-14,16,19,25-26,33-34H,15,17-18H2,1-3H3,(H,31,35)/t19?,25?,26-/m0/s1. The summed E-state index contributed by atoms with van der Waals surface area (Å²) in [6, 6.07) is 19.4. The topological polar surface area (TPSA) is 122 Å². The molecular weight excluding hydrogens is 518 g/mol. The maximum atomic E-state index is 13.7. The van der Waals surface area contributed by atoms with Crippen molar-refractivity contribution in [3.63, 3.8) is 0 Å². The van der Waals surface area contributed by atoms with Gasteiger partial charge >= 0.3 is 5.97 Å². The quantitative estimate of drug-likeness (QED) is 0.280. The van der Waals surface area contributed by atoms with Crippen LogP contribution in [0.3, 0.4) is 0 Å². The van der Waals surface area contributed by atoms with Gasteiger partial charge in [0.15, 0.2) is 16.6 Å². The zero-order chi connectivity index (χ0) is 28.4. The van der Waals surface area contributed by atoms with Gasteiger partial charge in [-0.05, 0) is 46.9 Å².